The standard InChI is InChI=1S/C15H21FN2O2/c1-11-2-5-13(8-14(11)16)17-15(20)10-18(6-7-19)9-12-3-4-12/h2,5,8,12,19H,3-4,6-7,9-10H2,1H3,(H,17,20). The molecule has 5 heteroatoms. The minimum Gasteiger partial charge on any atom is -0.395 e. The highest BCUT2D eigenvalue weighted by atomic mass is 19.1. The number of benzene rings is 1. The first-order valence-corrected chi connectivity index (χ1v) is 6.97. The van der Waals surface area contributed by atoms with Crippen LogP contribution in [0.1, 0.15) is 18.4 Å². The van der Waals surface area contributed by atoms with E-state index in [2.05, 4.69) is 5.32 Å². The summed E-state index contributed by atoms with van der Waals surface area (Å²) in [5.41, 5.74) is 1.02. The minimum absolute atomic E-state index is 0.0408. The van der Waals surface area contributed by atoms with E-state index in [0.717, 1.165) is 6.54 Å². The molecule has 0 aliphatic heterocycles. The molecule has 0 atom stereocenters. The second-order valence-electron chi connectivity index (χ2n) is 5.41. The van der Waals surface area contributed by atoms with Gasteiger partial charge in [0.15, 0.2) is 0 Å². The summed E-state index contributed by atoms with van der Waals surface area (Å²) in [4.78, 5) is 13.9. The minimum atomic E-state index is -0.326. The van der Waals surface area contributed by atoms with Gasteiger partial charge in [-0.25, -0.2) is 4.39 Å². The van der Waals surface area contributed by atoms with Crippen molar-refractivity contribution in [3.8, 4) is 0 Å². The van der Waals surface area contributed by atoms with Gasteiger partial charge in [0.05, 0.1) is 13.2 Å². The van der Waals surface area contributed by atoms with Crippen LogP contribution in [0.3, 0.4) is 0 Å². The monoisotopic (exact) mass is 280 g/mol. The summed E-state index contributed by atoms with van der Waals surface area (Å²) in [6, 6.07) is 4.65. The summed E-state index contributed by atoms with van der Waals surface area (Å²) in [5, 5.41) is 11.7. The number of aryl methyl sites for hydroxylation is 1. The van der Waals surface area contributed by atoms with E-state index in [1.807, 2.05) is 4.90 Å². The maximum absolute atomic E-state index is 13.4. The molecule has 0 saturated heterocycles. The van der Waals surface area contributed by atoms with Gasteiger partial charge in [0.2, 0.25) is 5.91 Å². The number of hydrogen-bond acceptors (Lipinski definition) is 3. The molecule has 110 valence electrons. The van der Waals surface area contributed by atoms with E-state index in [1.54, 1.807) is 19.1 Å². The van der Waals surface area contributed by atoms with E-state index in [-0.39, 0.29) is 24.9 Å². The SMILES string of the molecule is Cc1ccc(NC(=O)CN(CCO)CC2CC2)cc1F. The van der Waals surface area contributed by atoms with Crippen LogP contribution < -0.4 is 5.32 Å². The van der Waals surface area contributed by atoms with Crippen molar-refractivity contribution in [3.63, 3.8) is 0 Å². The van der Waals surface area contributed by atoms with Crippen LogP contribution in [-0.2, 0) is 4.79 Å². The Labute approximate surface area is 118 Å². The normalized spacial score (nSPS) is 14.6. The van der Waals surface area contributed by atoms with Crippen molar-refractivity contribution in [1.29, 1.82) is 0 Å². The summed E-state index contributed by atoms with van der Waals surface area (Å²) in [5.74, 6) is 0.154. The Hall–Kier alpha value is -1.46. The number of nitrogens with one attached hydrogen (secondary N) is 1. The number of aliphatic hydroxyl groups is 1. The molecule has 1 aromatic carbocycles. The van der Waals surface area contributed by atoms with Crippen molar-refractivity contribution in [1.82, 2.24) is 4.90 Å². The largest absolute Gasteiger partial charge is 0.395 e. The fourth-order valence-electron chi connectivity index (χ4n) is 2.12. The van der Waals surface area contributed by atoms with Crippen molar-refractivity contribution >= 4 is 11.6 Å². The Morgan fingerprint density at radius 3 is 2.85 bits per heavy atom. The van der Waals surface area contributed by atoms with Crippen LogP contribution in [0, 0.1) is 18.7 Å². The zero-order valence-corrected chi connectivity index (χ0v) is 11.7. The van der Waals surface area contributed by atoms with Crippen LogP contribution in [0.15, 0.2) is 18.2 Å². The second-order valence-corrected chi connectivity index (χ2v) is 5.41. The Balaban J connectivity index is 1.87. The van der Waals surface area contributed by atoms with E-state index in [0.29, 0.717) is 23.7 Å². The van der Waals surface area contributed by atoms with Gasteiger partial charge in [-0.3, -0.25) is 9.69 Å². The van der Waals surface area contributed by atoms with Gasteiger partial charge in [0.1, 0.15) is 5.82 Å². The molecule has 0 radical (unpaired) electrons. The highest BCUT2D eigenvalue weighted by molar-refractivity contribution is 5.92. The van der Waals surface area contributed by atoms with Crippen molar-refractivity contribution in [2.45, 2.75) is 19.8 Å². The molecular weight excluding hydrogens is 259 g/mol. The van der Waals surface area contributed by atoms with Crippen molar-refractivity contribution in [3.05, 3.63) is 29.6 Å². The Morgan fingerprint density at radius 2 is 2.25 bits per heavy atom. The number of carbonyl (C=O) groups excluding carboxylic acids is 1. The lowest BCUT2D eigenvalue weighted by atomic mass is 10.2. The molecule has 0 unspecified atom stereocenters. The molecule has 1 aliphatic rings. The summed E-state index contributed by atoms with van der Waals surface area (Å²) in [6.45, 7) is 3.29. The maximum atomic E-state index is 13.4. The molecule has 1 saturated carbocycles. The number of nitrogens with zero attached hydrogens (tertiary/aromatic N) is 1. The summed E-state index contributed by atoms with van der Waals surface area (Å²) in [6.07, 6.45) is 2.40. The van der Waals surface area contributed by atoms with Crippen molar-refractivity contribution in [2.75, 3.05) is 31.6 Å². The first kappa shape index (κ1) is 14.9. The fraction of sp³-hybridized carbons (Fsp3) is 0.533. The number of aliphatic hydroxyl groups excluding tert-OH is 1. The summed E-state index contributed by atoms with van der Waals surface area (Å²) in [7, 11) is 0. The number of amides is 1. The van der Waals surface area contributed by atoms with E-state index < -0.39 is 0 Å². The smallest absolute Gasteiger partial charge is 0.238 e. The Morgan fingerprint density at radius 1 is 1.50 bits per heavy atom. The van der Waals surface area contributed by atoms with E-state index in [1.165, 1.54) is 18.9 Å². The zero-order chi connectivity index (χ0) is 14.5. The van der Waals surface area contributed by atoms with Gasteiger partial charge in [-0.2, -0.15) is 0 Å². The molecule has 2 rings (SSSR count). The molecule has 20 heavy (non-hydrogen) atoms. The quantitative estimate of drug-likeness (QED) is 0.800. The number of hydrogen-bond donors (Lipinski definition) is 2. The molecule has 0 heterocycles. The first-order valence-electron chi connectivity index (χ1n) is 6.97. The van der Waals surface area contributed by atoms with E-state index >= 15 is 0 Å². The lowest BCUT2D eigenvalue weighted by Crippen LogP contribution is -2.36. The van der Waals surface area contributed by atoms with Crippen LogP contribution in [0.2, 0.25) is 0 Å². The topological polar surface area (TPSA) is 52.6 Å². The summed E-state index contributed by atoms with van der Waals surface area (Å²) < 4.78 is 13.4. The van der Waals surface area contributed by atoms with Crippen LogP contribution in [0.5, 0.6) is 0 Å². The average molecular weight is 280 g/mol. The lowest BCUT2D eigenvalue weighted by Gasteiger charge is -2.20. The zero-order valence-electron chi connectivity index (χ0n) is 11.7. The average Bonchev–Trinajstić information content (AvgIpc) is 3.18. The summed E-state index contributed by atoms with van der Waals surface area (Å²) >= 11 is 0. The predicted molar refractivity (Wildman–Crippen MR) is 76.0 cm³/mol. The molecule has 2 N–H and O–H groups in total. The molecule has 0 bridgehead atoms. The number of anilines is 1. The van der Waals surface area contributed by atoms with Crippen LogP contribution in [0.25, 0.3) is 0 Å². The molecular formula is C15H21FN2O2. The highest BCUT2D eigenvalue weighted by Gasteiger charge is 2.25. The van der Waals surface area contributed by atoms with Gasteiger partial charge in [-0.1, -0.05) is 6.07 Å². The van der Waals surface area contributed by atoms with Gasteiger partial charge in [-0.15, -0.1) is 0 Å². The van der Waals surface area contributed by atoms with Gasteiger partial charge in [0.25, 0.3) is 0 Å². The van der Waals surface area contributed by atoms with Crippen LogP contribution >= 0.6 is 0 Å². The third kappa shape index (κ3) is 4.58. The van der Waals surface area contributed by atoms with Crippen molar-refractivity contribution in [2.24, 2.45) is 5.92 Å². The molecule has 4 nitrogen and oxygen atoms in total. The molecule has 1 aliphatic carbocycles. The lowest BCUT2D eigenvalue weighted by molar-refractivity contribution is -0.117. The third-order valence-corrected chi connectivity index (χ3v) is 3.45. The highest BCUT2D eigenvalue weighted by Crippen LogP contribution is 2.29. The van der Waals surface area contributed by atoms with Crippen molar-refractivity contribution < 1.29 is 14.3 Å². The van der Waals surface area contributed by atoms with Gasteiger partial charge < -0.3 is 10.4 Å². The van der Waals surface area contributed by atoms with E-state index in [9.17, 15) is 9.18 Å². The third-order valence-electron chi connectivity index (χ3n) is 3.45. The first-order chi connectivity index (χ1) is 9.58. The second kappa shape index (κ2) is 6.81. The van der Waals surface area contributed by atoms with Crippen LogP contribution in [0.4, 0.5) is 10.1 Å². The molecule has 1 amide bonds. The van der Waals surface area contributed by atoms with E-state index in [4.69, 9.17) is 5.11 Å². The maximum Gasteiger partial charge on any atom is 0.238 e. The van der Waals surface area contributed by atoms with Gasteiger partial charge in [-0.05, 0) is 43.4 Å². The Kier molecular flexibility index (Phi) is 5.09. The fourth-order valence-corrected chi connectivity index (χ4v) is 2.12. The number of rotatable bonds is 7. The molecule has 1 fully saturated rings. The molecule has 0 spiro atoms. The van der Waals surface area contributed by atoms with Gasteiger partial charge in [0, 0.05) is 18.8 Å². The van der Waals surface area contributed by atoms with Crippen LogP contribution in [-0.4, -0.2) is 42.2 Å². The molecule has 1 aromatic rings. The molecule has 0 aromatic heterocycles. The number of halogens is 1. The number of carbonyl (C=O) groups is 1. The van der Waals surface area contributed by atoms with Gasteiger partial charge >= 0.3 is 0 Å². The Bertz CT molecular complexity index is 475. The predicted octanol–water partition coefficient (Wildman–Crippen LogP) is 1.78.